The van der Waals surface area contributed by atoms with Crippen LogP contribution in [0.15, 0.2) is 150 Å². The van der Waals surface area contributed by atoms with E-state index in [0.717, 1.165) is 21.9 Å². The van der Waals surface area contributed by atoms with Crippen LogP contribution in [0.4, 0.5) is 0 Å². The average molecular weight is 611 g/mol. The Morgan fingerprint density at radius 1 is 0.396 bits per heavy atom. The van der Waals surface area contributed by atoms with Gasteiger partial charge in [-0.3, -0.25) is 0 Å². The molecule has 0 amide bonds. The molecule has 1 nitrogen and oxygen atoms in total. The summed E-state index contributed by atoms with van der Waals surface area (Å²) in [6.45, 7) is 4.81. The van der Waals surface area contributed by atoms with E-state index in [0.29, 0.717) is 0 Å². The predicted octanol–water partition coefficient (Wildman–Crippen LogP) is 13.3. The van der Waals surface area contributed by atoms with E-state index in [1.165, 1.54) is 87.6 Å². The van der Waals surface area contributed by atoms with Crippen LogP contribution in [0, 0.1) is 0 Å². The Hall–Kier alpha value is -5.92. The van der Waals surface area contributed by atoms with Crippen molar-refractivity contribution < 1.29 is 4.42 Å². The highest BCUT2D eigenvalue weighted by molar-refractivity contribution is 6.25. The maximum absolute atomic E-state index is 6.15. The average Bonchev–Trinajstić information content (AvgIpc) is 3.61. The summed E-state index contributed by atoms with van der Waals surface area (Å²) in [6, 6.07) is 54.0. The second-order valence-electron chi connectivity index (χ2n) is 14.1. The molecule has 0 saturated heterocycles. The molecule has 0 atom stereocenters. The number of rotatable bonds is 2. The third kappa shape index (κ3) is 3.35. The molecule has 0 bridgehead atoms. The molecule has 0 N–H and O–H groups in total. The van der Waals surface area contributed by atoms with Crippen molar-refractivity contribution in [3.05, 3.63) is 157 Å². The Morgan fingerprint density at radius 2 is 1.02 bits per heavy atom. The van der Waals surface area contributed by atoms with Crippen molar-refractivity contribution in [3.8, 4) is 33.4 Å². The quantitative estimate of drug-likeness (QED) is 0.178. The van der Waals surface area contributed by atoms with Crippen molar-refractivity contribution in [2.24, 2.45) is 0 Å². The zero-order chi connectivity index (χ0) is 31.7. The number of furan rings is 1. The number of para-hydroxylation sites is 1. The third-order valence-electron chi connectivity index (χ3n) is 11.2. The summed E-state index contributed by atoms with van der Waals surface area (Å²) in [7, 11) is 0. The summed E-state index contributed by atoms with van der Waals surface area (Å²) in [5, 5.41) is 12.9. The highest BCUT2D eigenvalue weighted by Gasteiger charge is 2.37. The van der Waals surface area contributed by atoms with Crippen LogP contribution in [-0.2, 0) is 5.41 Å². The Balaban J connectivity index is 1.08. The van der Waals surface area contributed by atoms with Gasteiger partial charge < -0.3 is 4.42 Å². The number of hydrogen-bond donors (Lipinski definition) is 0. The molecule has 0 fully saturated rings. The summed E-state index contributed by atoms with van der Waals surface area (Å²) in [5.74, 6) is 0. The van der Waals surface area contributed by atoms with Gasteiger partial charge in [0.05, 0.1) is 0 Å². The first-order chi connectivity index (χ1) is 23.5. The molecule has 1 aliphatic rings. The molecular formula is C47H30O. The second-order valence-corrected chi connectivity index (χ2v) is 14.1. The maximum Gasteiger partial charge on any atom is 0.135 e. The Morgan fingerprint density at radius 3 is 1.92 bits per heavy atom. The number of hydrogen-bond acceptors (Lipinski definition) is 1. The van der Waals surface area contributed by atoms with Crippen LogP contribution in [-0.4, -0.2) is 0 Å². The molecule has 1 aliphatic carbocycles. The maximum atomic E-state index is 6.15. The molecule has 9 aromatic carbocycles. The molecule has 0 aliphatic heterocycles. The van der Waals surface area contributed by atoms with Gasteiger partial charge >= 0.3 is 0 Å². The fourth-order valence-electron chi connectivity index (χ4n) is 8.99. The smallest absolute Gasteiger partial charge is 0.135 e. The lowest BCUT2D eigenvalue weighted by molar-refractivity contribution is 0.666. The van der Waals surface area contributed by atoms with E-state index in [-0.39, 0.29) is 5.41 Å². The van der Waals surface area contributed by atoms with Crippen molar-refractivity contribution >= 4 is 65.0 Å². The van der Waals surface area contributed by atoms with Crippen molar-refractivity contribution in [3.63, 3.8) is 0 Å². The van der Waals surface area contributed by atoms with Crippen LogP contribution in [0.25, 0.3) is 98.4 Å². The normalized spacial score (nSPS) is 13.8. The van der Waals surface area contributed by atoms with Gasteiger partial charge in [0.1, 0.15) is 11.2 Å². The first-order valence-corrected chi connectivity index (χ1v) is 16.8. The fraction of sp³-hybridized carbons (Fsp3) is 0.0638. The monoisotopic (exact) mass is 610 g/mol. The SMILES string of the molecule is CC1(C)c2cc(-c3ccc4ccc5cccc6ccc3c4c56)ccc2-c2ccc3c(-c4ccc5oc6ccccc6c5c4)cccc3c21. The molecular weight excluding hydrogens is 581 g/mol. The molecule has 48 heavy (non-hydrogen) atoms. The molecule has 0 spiro atoms. The molecule has 0 radical (unpaired) electrons. The summed E-state index contributed by atoms with van der Waals surface area (Å²) >= 11 is 0. The van der Waals surface area contributed by atoms with Crippen LogP contribution in [0.5, 0.6) is 0 Å². The highest BCUT2D eigenvalue weighted by Crippen LogP contribution is 2.53. The zero-order valence-corrected chi connectivity index (χ0v) is 26.8. The van der Waals surface area contributed by atoms with Crippen molar-refractivity contribution in [1.29, 1.82) is 0 Å². The lowest BCUT2D eigenvalue weighted by Gasteiger charge is -2.24. The van der Waals surface area contributed by atoms with Crippen LogP contribution < -0.4 is 0 Å². The lowest BCUT2D eigenvalue weighted by Crippen LogP contribution is -2.15. The minimum atomic E-state index is -0.159. The molecule has 0 unspecified atom stereocenters. The van der Waals surface area contributed by atoms with Crippen LogP contribution >= 0.6 is 0 Å². The topological polar surface area (TPSA) is 13.1 Å². The van der Waals surface area contributed by atoms with Crippen molar-refractivity contribution in [2.75, 3.05) is 0 Å². The van der Waals surface area contributed by atoms with E-state index in [2.05, 4.69) is 147 Å². The van der Waals surface area contributed by atoms with Gasteiger partial charge in [0, 0.05) is 16.2 Å². The summed E-state index contributed by atoms with van der Waals surface area (Å²) in [4.78, 5) is 0. The Labute approximate surface area is 278 Å². The minimum absolute atomic E-state index is 0.159. The summed E-state index contributed by atoms with van der Waals surface area (Å²) < 4.78 is 6.15. The van der Waals surface area contributed by atoms with Crippen molar-refractivity contribution in [2.45, 2.75) is 19.3 Å². The van der Waals surface area contributed by atoms with E-state index in [1.807, 2.05) is 12.1 Å². The van der Waals surface area contributed by atoms with E-state index in [1.54, 1.807) is 0 Å². The van der Waals surface area contributed by atoms with E-state index >= 15 is 0 Å². The van der Waals surface area contributed by atoms with Crippen LogP contribution in [0.2, 0.25) is 0 Å². The first-order valence-electron chi connectivity index (χ1n) is 16.8. The van der Waals surface area contributed by atoms with Gasteiger partial charge in [0.2, 0.25) is 0 Å². The third-order valence-corrected chi connectivity index (χ3v) is 11.2. The molecule has 224 valence electrons. The van der Waals surface area contributed by atoms with Gasteiger partial charge in [0.15, 0.2) is 0 Å². The van der Waals surface area contributed by atoms with E-state index in [4.69, 9.17) is 4.42 Å². The zero-order valence-electron chi connectivity index (χ0n) is 26.8. The van der Waals surface area contributed by atoms with Crippen LogP contribution in [0.3, 0.4) is 0 Å². The van der Waals surface area contributed by atoms with Crippen molar-refractivity contribution in [1.82, 2.24) is 0 Å². The largest absolute Gasteiger partial charge is 0.456 e. The van der Waals surface area contributed by atoms with Gasteiger partial charge in [-0.25, -0.2) is 0 Å². The molecule has 1 heteroatoms. The predicted molar refractivity (Wildman–Crippen MR) is 203 cm³/mol. The molecule has 1 heterocycles. The molecule has 1 aromatic heterocycles. The Bertz CT molecular complexity index is 2960. The lowest BCUT2D eigenvalue weighted by atomic mass is 9.79. The standard InChI is InChI=1S/C47H30O/c1-47(2)41-26-31(33-19-15-29-14-13-27-7-5-8-28-16-21-37(33)45(29)44(27)28)17-20-35(41)39-23-22-34-32(10-6-11-38(34)46(39)47)30-18-24-43-40(25-30)36-9-3-4-12-42(36)48-43/h3-26H,1-2H3. The van der Waals surface area contributed by atoms with Gasteiger partial charge in [-0.05, 0) is 112 Å². The summed E-state index contributed by atoms with van der Waals surface area (Å²) in [5.41, 5.74) is 12.2. The van der Waals surface area contributed by atoms with E-state index < -0.39 is 0 Å². The first kappa shape index (κ1) is 26.2. The summed E-state index contributed by atoms with van der Waals surface area (Å²) in [6.07, 6.45) is 0. The van der Waals surface area contributed by atoms with Crippen LogP contribution in [0.1, 0.15) is 25.0 Å². The van der Waals surface area contributed by atoms with Gasteiger partial charge in [0.25, 0.3) is 0 Å². The van der Waals surface area contributed by atoms with E-state index in [9.17, 15) is 0 Å². The number of benzene rings is 9. The van der Waals surface area contributed by atoms with Gasteiger partial charge in [-0.2, -0.15) is 0 Å². The molecule has 10 aromatic rings. The Kier molecular flexibility index (Phi) is 4.97. The van der Waals surface area contributed by atoms with Gasteiger partial charge in [-0.1, -0.05) is 135 Å². The van der Waals surface area contributed by atoms with Gasteiger partial charge in [-0.15, -0.1) is 0 Å². The fourth-order valence-corrected chi connectivity index (χ4v) is 8.99. The number of fused-ring (bicyclic) bond motifs is 8. The highest BCUT2D eigenvalue weighted by atomic mass is 16.3. The second kappa shape index (κ2) is 9.12. The minimum Gasteiger partial charge on any atom is -0.456 e. The molecule has 0 saturated carbocycles. The molecule has 11 rings (SSSR count).